The van der Waals surface area contributed by atoms with E-state index in [1.165, 1.54) is 0 Å². The maximum atomic E-state index is 10.7. The van der Waals surface area contributed by atoms with E-state index in [9.17, 15) is 9.90 Å². The van der Waals surface area contributed by atoms with Crippen molar-refractivity contribution < 1.29 is 15.0 Å². The minimum absolute atomic E-state index is 0.208. The Morgan fingerprint density at radius 1 is 1.27 bits per heavy atom. The number of carboxylic acids is 1. The molecular weight excluding hydrogens is 192 g/mol. The first-order valence-corrected chi connectivity index (χ1v) is 5.59. The molecule has 0 spiro atoms. The van der Waals surface area contributed by atoms with Gasteiger partial charge in [-0.1, -0.05) is 34.6 Å². The van der Waals surface area contributed by atoms with Crippen LogP contribution in [0.5, 0.6) is 0 Å². The maximum absolute atomic E-state index is 10.7. The van der Waals surface area contributed by atoms with Crippen molar-refractivity contribution in [2.24, 2.45) is 17.3 Å². The van der Waals surface area contributed by atoms with Crippen LogP contribution in [0.25, 0.3) is 0 Å². The van der Waals surface area contributed by atoms with Gasteiger partial charge in [-0.05, 0) is 24.2 Å². The van der Waals surface area contributed by atoms with E-state index in [1.807, 2.05) is 27.7 Å². The van der Waals surface area contributed by atoms with Crippen LogP contribution in [-0.2, 0) is 4.79 Å². The number of aliphatic hydroxyl groups excluding tert-OH is 1. The molecule has 0 fully saturated rings. The fourth-order valence-electron chi connectivity index (χ4n) is 1.76. The number of hydrogen-bond donors (Lipinski definition) is 2. The van der Waals surface area contributed by atoms with Gasteiger partial charge in [0.05, 0.1) is 12.0 Å². The Bertz CT molecular complexity index is 209. The summed E-state index contributed by atoms with van der Waals surface area (Å²) in [6.45, 7) is 9.65. The van der Waals surface area contributed by atoms with E-state index in [-0.39, 0.29) is 23.4 Å². The van der Waals surface area contributed by atoms with E-state index in [2.05, 4.69) is 0 Å². The van der Waals surface area contributed by atoms with Gasteiger partial charge >= 0.3 is 5.97 Å². The summed E-state index contributed by atoms with van der Waals surface area (Å²) in [5.74, 6) is -0.881. The highest BCUT2D eigenvalue weighted by atomic mass is 16.4. The van der Waals surface area contributed by atoms with Crippen LogP contribution < -0.4 is 0 Å². The molecule has 0 aromatic carbocycles. The van der Waals surface area contributed by atoms with Crippen LogP contribution in [0.3, 0.4) is 0 Å². The van der Waals surface area contributed by atoms with Crippen molar-refractivity contribution in [1.82, 2.24) is 0 Å². The van der Waals surface area contributed by atoms with Crippen molar-refractivity contribution in [1.29, 1.82) is 0 Å². The van der Waals surface area contributed by atoms with Crippen molar-refractivity contribution in [2.45, 2.75) is 53.6 Å². The molecule has 90 valence electrons. The molecule has 2 unspecified atom stereocenters. The van der Waals surface area contributed by atoms with Crippen molar-refractivity contribution >= 4 is 5.97 Å². The van der Waals surface area contributed by atoms with Crippen LogP contribution in [0.15, 0.2) is 0 Å². The first-order chi connectivity index (χ1) is 6.68. The SMILES string of the molecule is CC(CCC(C)(C)C(O)C(C)C)C(=O)O. The van der Waals surface area contributed by atoms with Gasteiger partial charge in [0, 0.05) is 0 Å². The first kappa shape index (κ1) is 14.4. The topological polar surface area (TPSA) is 57.5 Å². The first-order valence-electron chi connectivity index (χ1n) is 5.59. The van der Waals surface area contributed by atoms with Crippen LogP contribution in [0.1, 0.15) is 47.5 Å². The van der Waals surface area contributed by atoms with Gasteiger partial charge in [0.15, 0.2) is 0 Å². The Morgan fingerprint density at radius 3 is 2.07 bits per heavy atom. The molecule has 3 nitrogen and oxygen atoms in total. The Hall–Kier alpha value is -0.570. The molecule has 2 atom stereocenters. The van der Waals surface area contributed by atoms with Crippen LogP contribution in [0.2, 0.25) is 0 Å². The molecule has 2 N–H and O–H groups in total. The average Bonchev–Trinajstić information content (AvgIpc) is 2.12. The molecule has 0 aliphatic heterocycles. The summed E-state index contributed by atoms with van der Waals surface area (Å²) in [5.41, 5.74) is -0.210. The summed E-state index contributed by atoms with van der Waals surface area (Å²) in [7, 11) is 0. The van der Waals surface area contributed by atoms with Gasteiger partial charge in [0.2, 0.25) is 0 Å². The molecule has 3 heteroatoms. The van der Waals surface area contributed by atoms with E-state index in [4.69, 9.17) is 5.11 Å². The minimum Gasteiger partial charge on any atom is -0.481 e. The van der Waals surface area contributed by atoms with E-state index in [0.29, 0.717) is 6.42 Å². The van der Waals surface area contributed by atoms with Crippen LogP contribution >= 0.6 is 0 Å². The number of rotatable bonds is 6. The summed E-state index contributed by atoms with van der Waals surface area (Å²) in [6, 6.07) is 0. The molecule has 0 saturated carbocycles. The number of aliphatic carboxylic acids is 1. The fourth-order valence-corrected chi connectivity index (χ4v) is 1.76. The number of carboxylic acid groups (broad SMARTS) is 1. The molecular formula is C12H24O3. The highest BCUT2D eigenvalue weighted by molar-refractivity contribution is 5.69. The molecule has 0 rings (SSSR count). The molecule has 0 radical (unpaired) electrons. The van der Waals surface area contributed by atoms with Crippen molar-refractivity contribution in [3.63, 3.8) is 0 Å². The van der Waals surface area contributed by atoms with Crippen LogP contribution in [0.4, 0.5) is 0 Å². The molecule has 0 saturated heterocycles. The van der Waals surface area contributed by atoms with E-state index >= 15 is 0 Å². The second-order valence-electron chi connectivity index (χ2n) is 5.46. The van der Waals surface area contributed by atoms with Gasteiger partial charge in [0.25, 0.3) is 0 Å². The molecule has 0 heterocycles. The Balaban J connectivity index is 4.20. The lowest BCUT2D eigenvalue weighted by Crippen LogP contribution is -2.34. The smallest absolute Gasteiger partial charge is 0.306 e. The van der Waals surface area contributed by atoms with Gasteiger partial charge in [0.1, 0.15) is 0 Å². The zero-order chi connectivity index (χ0) is 12.2. The number of hydrogen-bond acceptors (Lipinski definition) is 2. The third kappa shape index (κ3) is 4.65. The minimum atomic E-state index is -0.759. The fraction of sp³-hybridized carbons (Fsp3) is 0.917. The van der Waals surface area contributed by atoms with Gasteiger partial charge in [-0.25, -0.2) is 0 Å². The zero-order valence-electron chi connectivity index (χ0n) is 10.4. The monoisotopic (exact) mass is 216 g/mol. The Morgan fingerprint density at radius 2 is 1.73 bits per heavy atom. The molecule has 0 aliphatic rings. The standard InChI is InChI=1S/C12H24O3/c1-8(2)10(13)12(4,5)7-6-9(3)11(14)15/h8-10,13H,6-7H2,1-5H3,(H,14,15). The van der Waals surface area contributed by atoms with Crippen LogP contribution in [-0.4, -0.2) is 22.3 Å². The quantitative estimate of drug-likeness (QED) is 0.717. The molecule has 0 aromatic rings. The van der Waals surface area contributed by atoms with Crippen molar-refractivity contribution in [3.05, 3.63) is 0 Å². The second kappa shape index (κ2) is 5.50. The molecule has 15 heavy (non-hydrogen) atoms. The van der Waals surface area contributed by atoms with Gasteiger partial charge in [-0.3, -0.25) is 4.79 Å². The Kier molecular flexibility index (Phi) is 5.29. The van der Waals surface area contributed by atoms with E-state index in [0.717, 1.165) is 6.42 Å². The lowest BCUT2D eigenvalue weighted by atomic mass is 9.76. The van der Waals surface area contributed by atoms with E-state index < -0.39 is 5.97 Å². The highest BCUT2D eigenvalue weighted by Crippen LogP contribution is 2.32. The summed E-state index contributed by atoms with van der Waals surface area (Å²) in [4.78, 5) is 10.7. The van der Waals surface area contributed by atoms with Crippen LogP contribution in [0, 0.1) is 17.3 Å². The zero-order valence-corrected chi connectivity index (χ0v) is 10.4. The third-order valence-corrected chi connectivity index (χ3v) is 3.08. The van der Waals surface area contributed by atoms with Crippen molar-refractivity contribution in [3.8, 4) is 0 Å². The predicted octanol–water partition coefficient (Wildman–Crippen LogP) is 2.53. The molecule has 0 bridgehead atoms. The predicted molar refractivity (Wildman–Crippen MR) is 60.7 cm³/mol. The van der Waals surface area contributed by atoms with Gasteiger partial charge in [-0.2, -0.15) is 0 Å². The van der Waals surface area contributed by atoms with Gasteiger partial charge in [-0.15, -0.1) is 0 Å². The van der Waals surface area contributed by atoms with Crippen molar-refractivity contribution in [2.75, 3.05) is 0 Å². The highest BCUT2D eigenvalue weighted by Gasteiger charge is 2.30. The lowest BCUT2D eigenvalue weighted by molar-refractivity contribution is -0.141. The number of carbonyl (C=O) groups is 1. The van der Waals surface area contributed by atoms with E-state index in [1.54, 1.807) is 6.92 Å². The maximum Gasteiger partial charge on any atom is 0.306 e. The largest absolute Gasteiger partial charge is 0.481 e. The lowest BCUT2D eigenvalue weighted by Gasteiger charge is -2.33. The summed E-state index contributed by atoms with van der Waals surface area (Å²) < 4.78 is 0. The molecule has 0 amide bonds. The number of aliphatic hydroxyl groups is 1. The molecule has 0 aromatic heterocycles. The normalized spacial score (nSPS) is 16.5. The second-order valence-corrected chi connectivity index (χ2v) is 5.46. The average molecular weight is 216 g/mol. The summed E-state index contributed by atoms with van der Waals surface area (Å²) in [5, 5.41) is 18.7. The van der Waals surface area contributed by atoms with Gasteiger partial charge < -0.3 is 10.2 Å². The third-order valence-electron chi connectivity index (χ3n) is 3.08. The molecule has 0 aliphatic carbocycles. The Labute approximate surface area is 92.5 Å². The summed E-state index contributed by atoms with van der Waals surface area (Å²) >= 11 is 0. The summed E-state index contributed by atoms with van der Waals surface area (Å²) in [6.07, 6.45) is 0.977.